The van der Waals surface area contributed by atoms with Crippen molar-refractivity contribution in [2.45, 2.75) is 31.6 Å². The Balaban J connectivity index is 1.69. The molecule has 0 aliphatic heterocycles. The molecular formula is C21H22Se. The summed E-state index contributed by atoms with van der Waals surface area (Å²) in [7, 11) is 0. The van der Waals surface area contributed by atoms with Crippen LogP contribution in [0.2, 0.25) is 0 Å². The van der Waals surface area contributed by atoms with Crippen LogP contribution in [0.15, 0.2) is 83.4 Å². The number of benzene rings is 2. The molecule has 0 bridgehead atoms. The minimum absolute atomic E-state index is 0.401. The summed E-state index contributed by atoms with van der Waals surface area (Å²) in [6, 6.07) is 21.8. The fraction of sp³-hybridized carbons (Fsp3) is 0.238. The Hall–Kier alpha value is -1.56. The van der Waals surface area contributed by atoms with E-state index in [0.29, 0.717) is 15.0 Å². The molecule has 22 heavy (non-hydrogen) atoms. The van der Waals surface area contributed by atoms with Gasteiger partial charge in [-0.15, -0.1) is 0 Å². The molecule has 2 aromatic carbocycles. The van der Waals surface area contributed by atoms with Crippen LogP contribution in [0.1, 0.15) is 37.2 Å². The van der Waals surface area contributed by atoms with E-state index in [9.17, 15) is 0 Å². The Morgan fingerprint density at radius 2 is 1.50 bits per heavy atom. The molecule has 0 aromatic heterocycles. The van der Waals surface area contributed by atoms with Crippen LogP contribution in [-0.2, 0) is 0 Å². The van der Waals surface area contributed by atoms with Crippen molar-refractivity contribution in [3.8, 4) is 0 Å². The van der Waals surface area contributed by atoms with E-state index in [1.807, 2.05) is 0 Å². The third-order valence-corrected chi connectivity index (χ3v) is 6.85. The molecule has 1 saturated carbocycles. The van der Waals surface area contributed by atoms with Crippen molar-refractivity contribution < 1.29 is 0 Å². The van der Waals surface area contributed by atoms with Crippen molar-refractivity contribution in [1.29, 1.82) is 0 Å². The van der Waals surface area contributed by atoms with Crippen LogP contribution in [0.3, 0.4) is 0 Å². The second-order valence-corrected chi connectivity index (χ2v) is 8.11. The van der Waals surface area contributed by atoms with Gasteiger partial charge in [0, 0.05) is 0 Å². The van der Waals surface area contributed by atoms with Gasteiger partial charge < -0.3 is 0 Å². The molecule has 0 radical (unpaired) electrons. The van der Waals surface area contributed by atoms with E-state index in [4.69, 9.17) is 0 Å². The summed E-state index contributed by atoms with van der Waals surface area (Å²) in [6.45, 7) is 4.07. The van der Waals surface area contributed by atoms with Gasteiger partial charge in [0.1, 0.15) is 0 Å². The first-order valence-electron chi connectivity index (χ1n) is 7.99. The van der Waals surface area contributed by atoms with Gasteiger partial charge in [0.05, 0.1) is 0 Å². The summed E-state index contributed by atoms with van der Waals surface area (Å²) < 4.78 is 2.95. The monoisotopic (exact) mass is 354 g/mol. The Morgan fingerprint density at radius 3 is 2.09 bits per heavy atom. The fourth-order valence-electron chi connectivity index (χ4n) is 3.14. The fourth-order valence-corrected chi connectivity index (χ4v) is 5.20. The van der Waals surface area contributed by atoms with Crippen molar-refractivity contribution in [1.82, 2.24) is 0 Å². The summed E-state index contributed by atoms with van der Waals surface area (Å²) in [5, 5.41) is 0. The minimum atomic E-state index is 0.401. The average molecular weight is 353 g/mol. The maximum absolute atomic E-state index is 4.07. The molecule has 1 aliphatic rings. The summed E-state index contributed by atoms with van der Waals surface area (Å²) in [5.74, 6) is 0.736. The van der Waals surface area contributed by atoms with Crippen molar-refractivity contribution in [3.63, 3.8) is 0 Å². The molecular weight excluding hydrogens is 331 g/mol. The zero-order valence-electron chi connectivity index (χ0n) is 12.9. The predicted octanol–water partition coefficient (Wildman–Crippen LogP) is 4.81. The number of allylic oxidation sites excluding steroid dienone is 3. The van der Waals surface area contributed by atoms with Crippen molar-refractivity contribution in [2.24, 2.45) is 0 Å². The number of hydrogen-bond donors (Lipinski definition) is 0. The van der Waals surface area contributed by atoms with Gasteiger partial charge >= 0.3 is 140 Å². The summed E-state index contributed by atoms with van der Waals surface area (Å²) in [5.41, 5.74) is 3.15. The van der Waals surface area contributed by atoms with Crippen LogP contribution in [0, 0.1) is 0 Å². The maximum atomic E-state index is 4.07. The first-order chi connectivity index (χ1) is 10.9. The molecule has 0 unspecified atom stereocenters. The molecule has 0 saturated heterocycles. The molecule has 0 heterocycles. The zero-order chi connectivity index (χ0) is 15.2. The van der Waals surface area contributed by atoms with Crippen LogP contribution >= 0.6 is 0 Å². The number of hydrogen-bond acceptors (Lipinski definition) is 0. The standard InChI is InChI=1S/C21H22Se/c1-2-21(22-20-11-7-4-8-12-20)19-15-13-18(14-16-19)17-9-5-3-6-10-17/h2-12,18H,1,13-16H2. The van der Waals surface area contributed by atoms with Crippen LogP contribution in [0.25, 0.3) is 0 Å². The normalized spacial score (nSPS) is 18.0. The molecule has 0 nitrogen and oxygen atoms in total. The van der Waals surface area contributed by atoms with Crippen LogP contribution in [0.4, 0.5) is 0 Å². The Kier molecular flexibility index (Phi) is 5.32. The molecule has 3 rings (SSSR count). The Bertz CT molecular complexity index is 630. The van der Waals surface area contributed by atoms with Gasteiger partial charge in [0.15, 0.2) is 0 Å². The van der Waals surface area contributed by atoms with Crippen molar-refractivity contribution in [3.05, 3.63) is 88.9 Å². The summed E-state index contributed by atoms with van der Waals surface area (Å²) >= 11 is 0.401. The van der Waals surface area contributed by atoms with E-state index < -0.39 is 0 Å². The van der Waals surface area contributed by atoms with Crippen molar-refractivity contribution >= 4 is 19.4 Å². The van der Waals surface area contributed by atoms with Crippen molar-refractivity contribution in [2.75, 3.05) is 0 Å². The second kappa shape index (κ2) is 7.63. The molecule has 1 aliphatic carbocycles. The van der Waals surface area contributed by atoms with Crippen LogP contribution in [-0.4, -0.2) is 15.0 Å². The van der Waals surface area contributed by atoms with Gasteiger partial charge in [-0.25, -0.2) is 0 Å². The SMILES string of the molecule is C=CC([Se]c1ccccc1)=C1CCC(c2ccccc2)CC1. The molecule has 0 N–H and O–H groups in total. The van der Waals surface area contributed by atoms with E-state index in [1.165, 1.54) is 40.2 Å². The van der Waals surface area contributed by atoms with Crippen LogP contribution < -0.4 is 4.46 Å². The van der Waals surface area contributed by atoms with Gasteiger partial charge in [-0.05, 0) is 0 Å². The first-order valence-corrected chi connectivity index (χ1v) is 9.70. The summed E-state index contributed by atoms with van der Waals surface area (Å²) in [4.78, 5) is 0. The van der Waals surface area contributed by atoms with Gasteiger partial charge in [-0.2, -0.15) is 0 Å². The number of rotatable bonds is 4. The Labute approximate surface area is 140 Å². The molecule has 0 amide bonds. The summed E-state index contributed by atoms with van der Waals surface area (Å²) in [6.07, 6.45) is 7.12. The molecule has 1 fully saturated rings. The molecule has 112 valence electrons. The second-order valence-electron chi connectivity index (χ2n) is 5.77. The topological polar surface area (TPSA) is 0 Å². The van der Waals surface area contributed by atoms with E-state index in [-0.39, 0.29) is 0 Å². The quantitative estimate of drug-likeness (QED) is 0.692. The first kappa shape index (κ1) is 15.3. The van der Waals surface area contributed by atoms with E-state index in [1.54, 1.807) is 5.57 Å². The average Bonchev–Trinajstić information content (AvgIpc) is 2.61. The molecule has 0 spiro atoms. The molecule has 2 aromatic rings. The zero-order valence-corrected chi connectivity index (χ0v) is 14.6. The molecule has 1 heteroatoms. The predicted molar refractivity (Wildman–Crippen MR) is 96.7 cm³/mol. The third-order valence-electron chi connectivity index (χ3n) is 4.36. The third kappa shape index (κ3) is 3.80. The Morgan fingerprint density at radius 1 is 0.909 bits per heavy atom. The van der Waals surface area contributed by atoms with Gasteiger partial charge in [0.2, 0.25) is 0 Å². The van der Waals surface area contributed by atoms with Gasteiger partial charge in [0.25, 0.3) is 0 Å². The van der Waals surface area contributed by atoms with Gasteiger partial charge in [-0.1, -0.05) is 0 Å². The van der Waals surface area contributed by atoms with E-state index in [0.717, 1.165) is 5.92 Å². The van der Waals surface area contributed by atoms with Crippen LogP contribution in [0.5, 0.6) is 0 Å². The van der Waals surface area contributed by atoms with E-state index >= 15 is 0 Å². The van der Waals surface area contributed by atoms with E-state index in [2.05, 4.69) is 73.3 Å². The molecule has 0 atom stereocenters. The van der Waals surface area contributed by atoms with Gasteiger partial charge in [-0.3, -0.25) is 0 Å².